The van der Waals surface area contributed by atoms with Gasteiger partial charge in [0.05, 0.1) is 12.3 Å². The largest absolute Gasteiger partial charge is 0.494 e. The van der Waals surface area contributed by atoms with Crippen molar-refractivity contribution in [2.24, 2.45) is 0 Å². The molecule has 0 aliphatic rings. The average molecular weight is 387 g/mol. The molecule has 3 rings (SSSR count). The summed E-state index contributed by atoms with van der Waals surface area (Å²) in [6.45, 7) is 2.56. The molecular weight excluding hydrogens is 372 g/mol. The van der Waals surface area contributed by atoms with Gasteiger partial charge in [-0.05, 0) is 52.7 Å². The van der Waals surface area contributed by atoms with Gasteiger partial charge in [0.1, 0.15) is 12.1 Å². The van der Waals surface area contributed by atoms with Gasteiger partial charge in [-0.1, -0.05) is 12.1 Å². The Morgan fingerprint density at radius 3 is 2.92 bits per heavy atom. The fraction of sp³-hybridized carbons (Fsp3) is 0.118. The van der Waals surface area contributed by atoms with Crippen LogP contribution >= 0.6 is 15.9 Å². The predicted molar refractivity (Wildman–Crippen MR) is 96.0 cm³/mol. The Hall–Kier alpha value is -2.67. The van der Waals surface area contributed by atoms with E-state index < -0.39 is 0 Å². The number of hydrogen-bond donors (Lipinski definition) is 1. The lowest BCUT2D eigenvalue weighted by atomic mass is 10.2. The Morgan fingerprint density at radius 1 is 1.38 bits per heavy atom. The Bertz CT molecular complexity index is 887. The van der Waals surface area contributed by atoms with E-state index in [9.17, 15) is 4.79 Å². The maximum absolute atomic E-state index is 12.1. The van der Waals surface area contributed by atoms with Crippen LogP contribution in [0.5, 0.6) is 5.75 Å². The lowest BCUT2D eigenvalue weighted by molar-refractivity contribution is -0.111. The first-order valence-electron chi connectivity index (χ1n) is 7.36. The van der Waals surface area contributed by atoms with E-state index in [4.69, 9.17) is 4.74 Å². The molecule has 0 saturated carbocycles. The molecule has 0 aliphatic heterocycles. The number of carbonyl (C=O) groups excluding carboxylic acids is 1. The number of carbonyl (C=O) groups is 1. The predicted octanol–water partition coefficient (Wildman–Crippen LogP) is 3.54. The van der Waals surface area contributed by atoms with E-state index in [0.717, 1.165) is 15.8 Å². The summed E-state index contributed by atoms with van der Waals surface area (Å²) >= 11 is 3.40. The SMILES string of the molecule is CCOc1ccc(/C=C/C(=O)Nc2cc(Br)cn3cnnc23)cc1. The molecule has 0 saturated heterocycles. The minimum absolute atomic E-state index is 0.244. The van der Waals surface area contributed by atoms with Crippen molar-refractivity contribution in [3.63, 3.8) is 0 Å². The molecule has 2 heterocycles. The number of halogens is 1. The van der Waals surface area contributed by atoms with Crippen LogP contribution in [-0.4, -0.2) is 27.1 Å². The van der Waals surface area contributed by atoms with Crippen molar-refractivity contribution in [2.75, 3.05) is 11.9 Å². The van der Waals surface area contributed by atoms with Crippen LogP contribution in [0.2, 0.25) is 0 Å². The molecule has 0 spiro atoms. The third kappa shape index (κ3) is 3.80. The van der Waals surface area contributed by atoms with Crippen molar-refractivity contribution in [1.29, 1.82) is 0 Å². The van der Waals surface area contributed by atoms with Crippen LogP contribution in [0.25, 0.3) is 11.7 Å². The summed E-state index contributed by atoms with van der Waals surface area (Å²) in [4.78, 5) is 12.1. The number of nitrogens with zero attached hydrogens (tertiary/aromatic N) is 3. The third-order valence-electron chi connectivity index (χ3n) is 3.23. The second-order valence-electron chi connectivity index (χ2n) is 4.96. The Morgan fingerprint density at radius 2 is 2.17 bits per heavy atom. The van der Waals surface area contributed by atoms with Gasteiger partial charge in [0.15, 0.2) is 5.65 Å². The van der Waals surface area contributed by atoms with Crippen LogP contribution in [0.3, 0.4) is 0 Å². The Labute approximate surface area is 147 Å². The van der Waals surface area contributed by atoms with Crippen molar-refractivity contribution < 1.29 is 9.53 Å². The number of pyridine rings is 1. The average Bonchev–Trinajstić information content (AvgIpc) is 3.03. The third-order valence-corrected chi connectivity index (χ3v) is 3.67. The molecule has 6 nitrogen and oxygen atoms in total. The molecule has 2 aromatic heterocycles. The van der Waals surface area contributed by atoms with Gasteiger partial charge in [-0.3, -0.25) is 9.20 Å². The van der Waals surface area contributed by atoms with E-state index in [-0.39, 0.29) is 5.91 Å². The molecule has 122 valence electrons. The second kappa shape index (κ2) is 7.27. The van der Waals surface area contributed by atoms with Crippen molar-refractivity contribution in [1.82, 2.24) is 14.6 Å². The summed E-state index contributed by atoms with van der Waals surface area (Å²) < 4.78 is 7.94. The van der Waals surface area contributed by atoms with E-state index in [1.54, 1.807) is 22.9 Å². The highest BCUT2D eigenvalue weighted by Gasteiger charge is 2.07. The van der Waals surface area contributed by atoms with Gasteiger partial charge in [-0.15, -0.1) is 10.2 Å². The summed E-state index contributed by atoms with van der Waals surface area (Å²) in [5, 5.41) is 10.6. The number of ether oxygens (including phenoxy) is 1. The summed E-state index contributed by atoms with van der Waals surface area (Å²) in [5.41, 5.74) is 2.08. The molecule has 0 atom stereocenters. The number of hydrogen-bond acceptors (Lipinski definition) is 4. The number of amides is 1. The summed E-state index contributed by atoms with van der Waals surface area (Å²) in [6.07, 6.45) is 6.61. The van der Waals surface area contributed by atoms with Gasteiger partial charge in [-0.25, -0.2) is 0 Å². The van der Waals surface area contributed by atoms with Crippen LogP contribution in [0, 0.1) is 0 Å². The quantitative estimate of drug-likeness (QED) is 0.680. The summed E-state index contributed by atoms with van der Waals surface area (Å²) in [5.74, 6) is 0.564. The zero-order valence-corrected chi connectivity index (χ0v) is 14.5. The van der Waals surface area contributed by atoms with Gasteiger partial charge >= 0.3 is 0 Å². The zero-order chi connectivity index (χ0) is 16.9. The fourth-order valence-electron chi connectivity index (χ4n) is 2.18. The highest BCUT2D eigenvalue weighted by Crippen LogP contribution is 2.21. The number of rotatable bonds is 5. The molecule has 7 heteroatoms. The van der Waals surface area contributed by atoms with Crippen LogP contribution < -0.4 is 10.1 Å². The molecule has 1 aromatic carbocycles. The highest BCUT2D eigenvalue weighted by atomic mass is 79.9. The molecule has 0 fully saturated rings. The zero-order valence-electron chi connectivity index (χ0n) is 12.9. The van der Waals surface area contributed by atoms with E-state index in [1.807, 2.05) is 37.4 Å². The molecule has 24 heavy (non-hydrogen) atoms. The normalized spacial score (nSPS) is 11.1. The van der Waals surface area contributed by atoms with Crippen LogP contribution in [-0.2, 0) is 4.79 Å². The number of nitrogens with one attached hydrogen (secondary N) is 1. The summed E-state index contributed by atoms with van der Waals surface area (Å²) in [7, 11) is 0. The van der Waals surface area contributed by atoms with Crippen molar-refractivity contribution >= 4 is 39.2 Å². The van der Waals surface area contributed by atoms with Gasteiger partial charge in [-0.2, -0.15) is 0 Å². The van der Waals surface area contributed by atoms with Gasteiger partial charge < -0.3 is 10.1 Å². The van der Waals surface area contributed by atoms with Gasteiger partial charge in [0, 0.05) is 16.7 Å². The number of anilines is 1. The molecule has 0 radical (unpaired) electrons. The number of benzene rings is 1. The van der Waals surface area contributed by atoms with E-state index >= 15 is 0 Å². The molecule has 1 amide bonds. The maximum Gasteiger partial charge on any atom is 0.248 e. The number of fused-ring (bicyclic) bond motifs is 1. The van der Waals surface area contributed by atoms with E-state index in [2.05, 4.69) is 31.4 Å². The first-order chi connectivity index (χ1) is 11.7. The van der Waals surface area contributed by atoms with Crippen molar-refractivity contribution in [2.45, 2.75) is 6.92 Å². The van der Waals surface area contributed by atoms with Crippen LogP contribution in [0.4, 0.5) is 5.69 Å². The topological polar surface area (TPSA) is 68.5 Å². The van der Waals surface area contributed by atoms with E-state index in [0.29, 0.717) is 17.9 Å². The van der Waals surface area contributed by atoms with Crippen LogP contribution in [0.1, 0.15) is 12.5 Å². The molecule has 1 N–H and O–H groups in total. The second-order valence-corrected chi connectivity index (χ2v) is 5.87. The lowest BCUT2D eigenvalue weighted by Crippen LogP contribution is -2.09. The molecule has 0 bridgehead atoms. The maximum atomic E-state index is 12.1. The standard InChI is InChI=1S/C17H15BrN4O2/c1-2-24-14-6-3-12(4-7-14)5-8-16(23)20-15-9-13(18)10-22-11-19-21-17(15)22/h3-11H,2H2,1H3,(H,20,23)/b8-5+. The molecule has 0 aliphatic carbocycles. The first kappa shape index (κ1) is 16.2. The molecule has 0 unspecified atom stereocenters. The van der Waals surface area contributed by atoms with Gasteiger partial charge in [0.2, 0.25) is 5.91 Å². The Kier molecular flexibility index (Phi) is 4.90. The Balaban J connectivity index is 1.71. The molecular formula is C17H15BrN4O2. The van der Waals surface area contributed by atoms with Crippen molar-refractivity contribution in [3.05, 3.63) is 59.0 Å². The van der Waals surface area contributed by atoms with Gasteiger partial charge in [0.25, 0.3) is 0 Å². The lowest BCUT2D eigenvalue weighted by Gasteiger charge is -2.05. The van der Waals surface area contributed by atoms with Crippen molar-refractivity contribution in [3.8, 4) is 5.75 Å². The van der Waals surface area contributed by atoms with Crippen LogP contribution in [0.15, 0.2) is 53.4 Å². The minimum atomic E-state index is -0.244. The summed E-state index contributed by atoms with van der Waals surface area (Å²) in [6, 6.07) is 9.31. The fourth-order valence-corrected chi connectivity index (χ4v) is 2.63. The minimum Gasteiger partial charge on any atom is -0.494 e. The first-order valence-corrected chi connectivity index (χ1v) is 8.16. The monoisotopic (exact) mass is 386 g/mol. The molecule has 3 aromatic rings. The highest BCUT2D eigenvalue weighted by molar-refractivity contribution is 9.10. The van der Waals surface area contributed by atoms with E-state index in [1.165, 1.54) is 6.08 Å². The smallest absolute Gasteiger partial charge is 0.248 e. The number of aromatic nitrogens is 3.